The number of fused-ring (bicyclic) bond motifs is 1. The number of aliphatic hydroxyl groups excluding tert-OH is 4. The van der Waals surface area contributed by atoms with Crippen molar-refractivity contribution in [1.82, 2.24) is 3.96 Å². The molecule has 5 unspecified atom stereocenters. The molecule has 28 heavy (non-hydrogen) atoms. The maximum Gasteiger partial charge on any atom is 0.273 e. The van der Waals surface area contributed by atoms with Crippen molar-refractivity contribution in [3.05, 3.63) is 58.9 Å². The molecule has 0 aliphatic carbocycles. The van der Waals surface area contributed by atoms with E-state index in [1.54, 1.807) is 34.3 Å². The van der Waals surface area contributed by atoms with Crippen molar-refractivity contribution in [2.45, 2.75) is 30.7 Å². The average molecular weight is 405 g/mol. The van der Waals surface area contributed by atoms with Gasteiger partial charge in [0.05, 0.1) is 22.4 Å². The molecular formula is C19H19NO7S. The highest BCUT2D eigenvalue weighted by atomic mass is 32.1. The highest BCUT2D eigenvalue weighted by molar-refractivity contribution is 7.14. The summed E-state index contributed by atoms with van der Waals surface area (Å²) in [7, 11) is 0. The van der Waals surface area contributed by atoms with Crippen LogP contribution >= 0.6 is 11.5 Å². The fraction of sp³-hybridized carbons (Fsp3) is 0.316. The van der Waals surface area contributed by atoms with E-state index in [0.717, 1.165) is 4.70 Å². The molecule has 1 aliphatic rings. The van der Waals surface area contributed by atoms with Gasteiger partial charge in [-0.15, -0.1) is 0 Å². The fourth-order valence-electron chi connectivity index (χ4n) is 3.10. The lowest BCUT2D eigenvalue weighted by atomic mass is 9.99. The van der Waals surface area contributed by atoms with Crippen LogP contribution in [-0.2, 0) is 4.74 Å². The number of ether oxygens (including phenoxy) is 2. The van der Waals surface area contributed by atoms with Crippen molar-refractivity contribution in [2.24, 2.45) is 0 Å². The lowest BCUT2D eigenvalue weighted by molar-refractivity contribution is -0.277. The molecule has 1 aromatic heterocycles. The number of aromatic nitrogens is 1. The van der Waals surface area contributed by atoms with Gasteiger partial charge >= 0.3 is 0 Å². The van der Waals surface area contributed by atoms with Gasteiger partial charge in [-0.3, -0.25) is 4.79 Å². The molecule has 0 saturated carbocycles. The maximum absolute atomic E-state index is 12.5. The molecule has 148 valence electrons. The van der Waals surface area contributed by atoms with Gasteiger partial charge in [-0.05, 0) is 36.4 Å². The fourth-order valence-corrected chi connectivity index (χ4v) is 4.10. The standard InChI is InChI=1S/C19H19NO7S/c21-9-13-15(22)16(23)17(24)19(27-13)26-11-7-5-10(6-8-11)20-18(25)12-3-1-2-4-14(12)28-20/h1-8,13,15-17,19,21-24H,9H2. The molecule has 0 bridgehead atoms. The van der Waals surface area contributed by atoms with Crippen LogP contribution in [0.3, 0.4) is 0 Å². The minimum Gasteiger partial charge on any atom is -0.462 e. The second-order valence-electron chi connectivity index (χ2n) is 6.50. The van der Waals surface area contributed by atoms with Crippen LogP contribution in [0.5, 0.6) is 5.75 Å². The Morgan fingerprint density at radius 2 is 1.71 bits per heavy atom. The Bertz CT molecular complexity index is 1010. The van der Waals surface area contributed by atoms with Crippen LogP contribution < -0.4 is 10.3 Å². The maximum atomic E-state index is 12.5. The Morgan fingerprint density at radius 3 is 2.39 bits per heavy atom. The molecule has 0 radical (unpaired) electrons. The SMILES string of the molecule is O=c1c2ccccc2sn1-c1ccc(OC2OC(CO)C(O)C(O)C2O)cc1. The van der Waals surface area contributed by atoms with Gasteiger partial charge in [0.25, 0.3) is 5.56 Å². The average Bonchev–Trinajstić information content (AvgIpc) is 3.06. The van der Waals surface area contributed by atoms with Crippen LogP contribution in [0.2, 0.25) is 0 Å². The van der Waals surface area contributed by atoms with Crippen LogP contribution in [0, 0.1) is 0 Å². The number of hydrogen-bond donors (Lipinski definition) is 4. The van der Waals surface area contributed by atoms with E-state index in [1.807, 2.05) is 18.2 Å². The lowest BCUT2D eigenvalue weighted by Gasteiger charge is -2.39. The van der Waals surface area contributed by atoms with Crippen LogP contribution in [0.4, 0.5) is 0 Å². The molecule has 2 heterocycles. The predicted molar refractivity (Wildman–Crippen MR) is 102 cm³/mol. The first kappa shape index (κ1) is 19.1. The third-order valence-corrected chi connectivity index (χ3v) is 5.78. The van der Waals surface area contributed by atoms with Gasteiger partial charge in [0.2, 0.25) is 6.29 Å². The molecule has 4 N–H and O–H groups in total. The van der Waals surface area contributed by atoms with Gasteiger partial charge < -0.3 is 29.9 Å². The third-order valence-electron chi connectivity index (χ3n) is 4.66. The zero-order chi connectivity index (χ0) is 19.8. The summed E-state index contributed by atoms with van der Waals surface area (Å²) in [6.45, 7) is -0.529. The summed E-state index contributed by atoms with van der Waals surface area (Å²) < 4.78 is 13.3. The highest BCUT2D eigenvalue weighted by Gasteiger charge is 2.44. The Labute approximate surface area is 163 Å². The van der Waals surface area contributed by atoms with Gasteiger partial charge in [-0.1, -0.05) is 23.7 Å². The third kappa shape index (κ3) is 3.32. The molecule has 1 fully saturated rings. The summed E-state index contributed by atoms with van der Waals surface area (Å²) in [4.78, 5) is 12.5. The van der Waals surface area contributed by atoms with E-state index in [0.29, 0.717) is 16.8 Å². The minimum atomic E-state index is -1.51. The zero-order valence-corrected chi connectivity index (χ0v) is 15.4. The number of rotatable bonds is 4. The second-order valence-corrected chi connectivity index (χ2v) is 7.48. The molecule has 4 rings (SSSR count). The highest BCUT2D eigenvalue weighted by Crippen LogP contribution is 2.26. The minimum absolute atomic E-state index is 0.108. The van der Waals surface area contributed by atoms with Crippen LogP contribution in [0.1, 0.15) is 0 Å². The normalized spacial score (nSPS) is 27.8. The summed E-state index contributed by atoms with van der Waals surface area (Å²) in [6, 6.07) is 13.9. The Kier molecular flexibility index (Phi) is 5.19. The molecule has 0 amide bonds. The van der Waals surface area contributed by atoms with Crippen LogP contribution in [-0.4, -0.2) is 61.7 Å². The van der Waals surface area contributed by atoms with Crippen molar-refractivity contribution in [3.63, 3.8) is 0 Å². The van der Waals surface area contributed by atoms with E-state index >= 15 is 0 Å². The van der Waals surface area contributed by atoms with Gasteiger partial charge in [-0.2, -0.15) is 0 Å². The Balaban J connectivity index is 1.55. The number of hydrogen-bond acceptors (Lipinski definition) is 8. The monoisotopic (exact) mass is 405 g/mol. The predicted octanol–water partition coefficient (Wildman–Crippen LogP) is 0.231. The first-order chi connectivity index (χ1) is 13.5. The topological polar surface area (TPSA) is 121 Å². The molecule has 2 aromatic carbocycles. The Hall–Kier alpha value is -2.27. The van der Waals surface area contributed by atoms with E-state index in [4.69, 9.17) is 9.47 Å². The van der Waals surface area contributed by atoms with E-state index in [9.17, 15) is 25.2 Å². The second kappa shape index (κ2) is 7.63. The zero-order valence-electron chi connectivity index (χ0n) is 14.6. The van der Waals surface area contributed by atoms with E-state index in [2.05, 4.69) is 0 Å². The smallest absolute Gasteiger partial charge is 0.273 e. The quantitative estimate of drug-likeness (QED) is 0.490. The number of aliphatic hydroxyl groups is 4. The van der Waals surface area contributed by atoms with E-state index in [1.165, 1.54) is 11.5 Å². The molecule has 5 atom stereocenters. The summed E-state index contributed by atoms with van der Waals surface area (Å²) in [6.07, 6.45) is -6.73. The van der Waals surface area contributed by atoms with Crippen LogP contribution in [0.15, 0.2) is 53.3 Å². The summed E-state index contributed by atoms with van der Waals surface area (Å²) in [5.74, 6) is 0.335. The molecule has 9 heteroatoms. The molecule has 0 spiro atoms. The van der Waals surface area contributed by atoms with Crippen molar-refractivity contribution in [1.29, 1.82) is 0 Å². The first-order valence-electron chi connectivity index (χ1n) is 8.68. The van der Waals surface area contributed by atoms with E-state index in [-0.39, 0.29) is 5.56 Å². The molecule has 1 aliphatic heterocycles. The largest absolute Gasteiger partial charge is 0.462 e. The van der Waals surface area contributed by atoms with Crippen molar-refractivity contribution in [3.8, 4) is 11.4 Å². The summed E-state index contributed by atoms with van der Waals surface area (Å²) in [5.41, 5.74) is 0.551. The summed E-state index contributed by atoms with van der Waals surface area (Å²) in [5, 5.41) is 39.6. The van der Waals surface area contributed by atoms with Crippen molar-refractivity contribution < 1.29 is 29.9 Å². The first-order valence-corrected chi connectivity index (χ1v) is 9.45. The van der Waals surface area contributed by atoms with Gasteiger partial charge in [0, 0.05) is 0 Å². The van der Waals surface area contributed by atoms with Crippen LogP contribution in [0.25, 0.3) is 15.8 Å². The molecular weight excluding hydrogens is 386 g/mol. The molecule has 1 saturated heterocycles. The number of nitrogens with zero attached hydrogens (tertiary/aromatic N) is 1. The van der Waals surface area contributed by atoms with Crippen molar-refractivity contribution >= 4 is 21.6 Å². The molecule has 3 aromatic rings. The summed E-state index contributed by atoms with van der Waals surface area (Å²) >= 11 is 1.33. The molecule has 8 nitrogen and oxygen atoms in total. The number of benzene rings is 2. The van der Waals surface area contributed by atoms with Gasteiger partial charge in [-0.25, -0.2) is 3.96 Å². The van der Waals surface area contributed by atoms with Gasteiger partial charge in [0.15, 0.2) is 0 Å². The lowest BCUT2D eigenvalue weighted by Crippen LogP contribution is -2.60. The van der Waals surface area contributed by atoms with Gasteiger partial charge in [0.1, 0.15) is 30.2 Å². The Morgan fingerprint density at radius 1 is 1.00 bits per heavy atom. The van der Waals surface area contributed by atoms with Crippen molar-refractivity contribution in [2.75, 3.05) is 6.61 Å². The van der Waals surface area contributed by atoms with E-state index < -0.39 is 37.3 Å².